The van der Waals surface area contributed by atoms with Crippen LogP contribution in [0.1, 0.15) is 31.2 Å². The van der Waals surface area contributed by atoms with Gasteiger partial charge in [0.2, 0.25) is 5.92 Å². The van der Waals surface area contributed by atoms with Gasteiger partial charge in [0.1, 0.15) is 5.82 Å². The molecule has 2 rings (SSSR count). The summed E-state index contributed by atoms with van der Waals surface area (Å²) < 4.78 is 40.4. The summed E-state index contributed by atoms with van der Waals surface area (Å²) >= 11 is 3.24. The molecule has 20 heavy (non-hydrogen) atoms. The topological polar surface area (TPSA) is 38.0 Å². The van der Waals surface area contributed by atoms with Crippen LogP contribution in [-0.2, 0) is 6.42 Å². The SMILES string of the molecule is NNC(Cc1cc(F)cc(Br)c1)C1CCC(F)(F)CC1. The minimum absolute atomic E-state index is 0.0946. The number of benzene rings is 1. The number of alkyl halides is 2. The summed E-state index contributed by atoms with van der Waals surface area (Å²) in [6.07, 6.45) is 1.23. The maximum atomic E-state index is 13.3. The molecule has 2 nitrogen and oxygen atoms in total. The van der Waals surface area contributed by atoms with Crippen LogP contribution in [-0.4, -0.2) is 12.0 Å². The average molecular weight is 351 g/mol. The molecule has 0 aromatic heterocycles. The number of hydrazine groups is 1. The largest absolute Gasteiger partial charge is 0.271 e. The zero-order chi connectivity index (χ0) is 14.8. The summed E-state index contributed by atoms with van der Waals surface area (Å²) in [6.45, 7) is 0. The highest BCUT2D eigenvalue weighted by atomic mass is 79.9. The van der Waals surface area contributed by atoms with E-state index in [2.05, 4.69) is 21.4 Å². The molecule has 0 bridgehead atoms. The van der Waals surface area contributed by atoms with Gasteiger partial charge in [0.05, 0.1) is 0 Å². The number of nitrogens with two attached hydrogens (primary N) is 1. The van der Waals surface area contributed by atoms with E-state index < -0.39 is 5.92 Å². The first-order valence-corrected chi connectivity index (χ1v) is 7.48. The summed E-state index contributed by atoms with van der Waals surface area (Å²) in [7, 11) is 0. The monoisotopic (exact) mass is 350 g/mol. The molecule has 1 aromatic rings. The Morgan fingerprint density at radius 3 is 2.50 bits per heavy atom. The van der Waals surface area contributed by atoms with Gasteiger partial charge in [0.15, 0.2) is 0 Å². The molecular formula is C14H18BrF3N2. The maximum absolute atomic E-state index is 13.3. The predicted molar refractivity (Wildman–Crippen MR) is 75.8 cm³/mol. The van der Waals surface area contributed by atoms with Crippen molar-refractivity contribution in [2.45, 2.75) is 44.1 Å². The number of hydrogen-bond acceptors (Lipinski definition) is 2. The van der Waals surface area contributed by atoms with Gasteiger partial charge in [-0.05, 0) is 48.9 Å². The fourth-order valence-electron chi connectivity index (χ4n) is 2.81. The molecule has 112 valence electrons. The smallest absolute Gasteiger partial charge is 0.248 e. The van der Waals surface area contributed by atoms with Crippen molar-refractivity contribution in [2.75, 3.05) is 0 Å². The molecule has 1 unspecified atom stereocenters. The van der Waals surface area contributed by atoms with Crippen molar-refractivity contribution < 1.29 is 13.2 Å². The Kier molecular flexibility index (Phi) is 5.09. The first-order valence-electron chi connectivity index (χ1n) is 6.68. The van der Waals surface area contributed by atoms with Crippen molar-refractivity contribution in [1.82, 2.24) is 5.43 Å². The molecule has 0 aliphatic heterocycles. The Labute approximate surface area is 125 Å². The highest BCUT2D eigenvalue weighted by Crippen LogP contribution is 2.38. The third kappa shape index (κ3) is 4.20. The van der Waals surface area contributed by atoms with E-state index in [1.54, 1.807) is 0 Å². The first-order chi connectivity index (χ1) is 9.39. The van der Waals surface area contributed by atoms with Crippen LogP contribution in [0.3, 0.4) is 0 Å². The third-order valence-corrected chi connectivity index (χ3v) is 4.38. The number of halogens is 4. The van der Waals surface area contributed by atoms with Crippen LogP contribution in [0, 0.1) is 11.7 Å². The number of hydrogen-bond donors (Lipinski definition) is 2. The van der Waals surface area contributed by atoms with Crippen molar-refractivity contribution in [1.29, 1.82) is 0 Å². The minimum Gasteiger partial charge on any atom is -0.271 e. The van der Waals surface area contributed by atoms with Gasteiger partial charge in [-0.15, -0.1) is 0 Å². The van der Waals surface area contributed by atoms with E-state index in [1.165, 1.54) is 12.1 Å². The van der Waals surface area contributed by atoms with Gasteiger partial charge in [0, 0.05) is 23.4 Å². The summed E-state index contributed by atoms with van der Waals surface area (Å²) in [4.78, 5) is 0. The molecule has 0 saturated heterocycles. The van der Waals surface area contributed by atoms with Gasteiger partial charge in [-0.1, -0.05) is 15.9 Å². The fraction of sp³-hybridized carbons (Fsp3) is 0.571. The van der Waals surface area contributed by atoms with E-state index in [-0.39, 0.29) is 30.6 Å². The van der Waals surface area contributed by atoms with Gasteiger partial charge >= 0.3 is 0 Å². The van der Waals surface area contributed by atoms with Crippen LogP contribution >= 0.6 is 15.9 Å². The zero-order valence-corrected chi connectivity index (χ0v) is 12.6. The van der Waals surface area contributed by atoms with Gasteiger partial charge in [0.25, 0.3) is 0 Å². The maximum Gasteiger partial charge on any atom is 0.248 e. The standard InChI is InChI=1S/C14H18BrF3N2/c15-11-5-9(6-12(16)8-11)7-13(20-19)10-1-3-14(17,18)4-2-10/h5-6,8,10,13,20H,1-4,7,19H2. The number of rotatable bonds is 4. The van der Waals surface area contributed by atoms with Gasteiger partial charge in [-0.25, -0.2) is 13.2 Å². The molecule has 0 heterocycles. The Bertz CT molecular complexity index is 437. The van der Waals surface area contributed by atoms with Crippen LogP contribution in [0.5, 0.6) is 0 Å². The molecule has 1 aromatic carbocycles. The quantitative estimate of drug-likeness (QED) is 0.640. The predicted octanol–water partition coefficient (Wildman–Crippen LogP) is 3.79. The first kappa shape index (κ1) is 15.8. The molecule has 0 spiro atoms. The van der Waals surface area contributed by atoms with Crippen molar-refractivity contribution in [3.63, 3.8) is 0 Å². The Morgan fingerprint density at radius 2 is 1.95 bits per heavy atom. The van der Waals surface area contributed by atoms with Crippen molar-refractivity contribution >= 4 is 15.9 Å². The highest BCUT2D eigenvalue weighted by Gasteiger charge is 2.37. The van der Waals surface area contributed by atoms with Gasteiger partial charge in [-0.2, -0.15) is 0 Å². The van der Waals surface area contributed by atoms with E-state index in [4.69, 9.17) is 5.84 Å². The molecule has 3 N–H and O–H groups in total. The number of nitrogens with one attached hydrogen (secondary N) is 1. The van der Waals surface area contributed by atoms with Crippen molar-refractivity contribution in [3.8, 4) is 0 Å². The second-order valence-electron chi connectivity index (χ2n) is 5.45. The molecule has 1 aliphatic rings. The Morgan fingerprint density at radius 1 is 1.30 bits per heavy atom. The van der Waals surface area contributed by atoms with E-state index in [1.807, 2.05) is 6.07 Å². The molecule has 1 saturated carbocycles. The molecule has 6 heteroatoms. The van der Waals surface area contributed by atoms with E-state index in [9.17, 15) is 13.2 Å². The fourth-order valence-corrected chi connectivity index (χ4v) is 3.32. The van der Waals surface area contributed by atoms with E-state index in [0.717, 1.165) is 5.56 Å². The second kappa shape index (κ2) is 6.45. The van der Waals surface area contributed by atoms with Crippen LogP contribution in [0.25, 0.3) is 0 Å². The van der Waals surface area contributed by atoms with Gasteiger partial charge < -0.3 is 0 Å². The van der Waals surface area contributed by atoms with Crippen LogP contribution < -0.4 is 11.3 Å². The lowest BCUT2D eigenvalue weighted by molar-refractivity contribution is -0.0495. The molecule has 0 amide bonds. The van der Waals surface area contributed by atoms with Crippen molar-refractivity contribution in [2.24, 2.45) is 11.8 Å². The second-order valence-corrected chi connectivity index (χ2v) is 6.36. The normalized spacial score (nSPS) is 20.9. The summed E-state index contributed by atoms with van der Waals surface area (Å²) in [6, 6.07) is 4.55. The molecular weight excluding hydrogens is 333 g/mol. The lowest BCUT2D eigenvalue weighted by atomic mass is 9.80. The Balaban J connectivity index is 2.02. The lowest BCUT2D eigenvalue weighted by Gasteiger charge is -2.33. The van der Waals surface area contributed by atoms with E-state index in [0.29, 0.717) is 23.7 Å². The van der Waals surface area contributed by atoms with Crippen LogP contribution in [0.4, 0.5) is 13.2 Å². The van der Waals surface area contributed by atoms with E-state index >= 15 is 0 Å². The van der Waals surface area contributed by atoms with Crippen LogP contribution in [0.2, 0.25) is 0 Å². The van der Waals surface area contributed by atoms with Gasteiger partial charge in [-0.3, -0.25) is 11.3 Å². The lowest BCUT2D eigenvalue weighted by Crippen LogP contribution is -2.44. The highest BCUT2D eigenvalue weighted by molar-refractivity contribution is 9.10. The molecule has 0 radical (unpaired) electrons. The summed E-state index contributed by atoms with van der Waals surface area (Å²) in [5.41, 5.74) is 3.51. The zero-order valence-electron chi connectivity index (χ0n) is 11.0. The molecule has 1 aliphatic carbocycles. The minimum atomic E-state index is -2.54. The van der Waals surface area contributed by atoms with Crippen molar-refractivity contribution in [3.05, 3.63) is 34.1 Å². The van der Waals surface area contributed by atoms with Crippen LogP contribution in [0.15, 0.2) is 22.7 Å². The summed E-state index contributed by atoms with van der Waals surface area (Å²) in [5, 5.41) is 0. The Hall–Kier alpha value is -0.590. The molecule has 1 atom stereocenters. The molecule has 1 fully saturated rings. The average Bonchev–Trinajstić information content (AvgIpc) is 2.35. The third-order valence-electron chi connectivity index (χ3n) is 3.92. The summed E-state index contributed by atoms with van der Waals surface area (Å²) in [5.74, 6) is 2.79.